The molecule has 52 heavy (non-hydrogen) atoms. The molecule has 0 radical (unpaired) electrons. The normalized spacial score (nSPS) is 20.4. The number of aromatic nitrogens is 3. The summed E-state index contributed by atoms with van der Waals surface area (Å²) < 4.78 is 33.1. The van der Waals surface area contributed by atoms with Crippen LogP contribution in [0.3, 0.4) is 0 Å². The Morgan fingerprint density at radius 2 is 1.87 bits per heavy atom. The molecule has 4 aliphatic rings. The molecule has 0 unspecified atom stereocenters. The molecule has 2 aromatic heterocycles. The van der Waals surface area contributed by atoms with Crippen LogP contribution in [0.1, 0.15) is 61.6 Å². The third-order valence-corrected chi connectivity index (χ3v) is 10.9. The summed E-state index contributed by atoms with van der Waals surface area (Å²) >= 11 is 0. The first kappa shape index (κ1) is 36.4. The molecule has 12 nitrogen and oxygen atoms in total. The number of anilines is 1. The zero-order valence-electron chi connectivity index (χ0n) is 30.9. The van der Waals surface area contributed by atoms with Crippen LogP contribution in [-0.2, 0) is 17.7 Å². The number of piperidine rings is 1. The number of ether oxygens (including phenoxy) is 3. The fourth-order valence-corrected chi connectivity index (χ4v) is 8.06. The standard InChI is InChI=1S/C39H53FN8O4/c1-4-48(28(2)3)39(49)32-22-29(40)6-7-35(32)52-37-23-41-27-43-38(37)47-16-9-31(10-17-47)51-36-8-12-42-34-11-15-44(25-33(34)36)13-5-14-45-18-19-46-20-21-50-26-30(46)24-45/h6-8,12,22-23,27-28,30-31H,4-5,9-11,13-21,24-26H2,1-3H3/t30-/m0/s1. The van der Waals surface area contributed by atoms with Crippen molar-refractivity contribution in [3.8, 4) is 17.2 Å². The van der Waals surface area contributed by atoms with Gasteiger partial charge in [0.25, 0.3) is 5.91 Å². The maximum absolute atomic E-state index is 14.4. The molecule has 1 amide bonds. The second kappa shape index (κ2) is 16.8. The van der Waals surface area contributed by atoms with E-state index >= 15 is 0 Å². The molecule has 3 fully saturated rings. The Labute approximate surface area is 306 Å². The van der Waals surface area contributed by atoms with Gasteiger partial charge < -0.3 is 28.9 Å². The average molecular weight is 717 g/mol. The van der Waals surface area contributed by atoms with Gasteiger partial charge in [0.05, 0.1) is 25.0 Å². The SMILES string of the molecule is CCN(C(=O)c1cc(F)ccc1Oc1cncnc1N1CCC(Oc2ccnc3c2CN(CCCN2CCN4CCOC[C@@H]4C2)CC3)CC1)C(C)C. The smallest absolute Gasteiger partial charge is 0.257 e. The summed E-state index contributed by atoms with van der Waals surface area (Å²) in [6.45, 7) is 18.0. The topological polar surface area (TPSA) is 99.6 Å². The molecule has 3 saturated heterocycles. The molecule has 0 aliphatic carbocycles. The van der Waals surface area contributed by atoms with Crippen molar-refractivity contribution in [2.75, 3.05) is 83.6 Å². The maximum atomic E-state index is 14.4. The number of pyridine rings is 1. The predicted octanol–water partition coefficient (Wildman–Crippen LogP) is 4.49. The third-order valence-electron chi connectivity index (χ3n) is 10.9. The monoisotopic (exact) mass is 716 g/mol. The summed E-state index contributed by atoms with van der Waals surface area (Å²) in [6.07, 6.45) is 8.75. The van der Waals surface area contributed by atoms with E-state index in [2.05, 4.69) is 29.6 Å². The maximum Gasteiger partial charge on any atom is 0.257 e. The number of carbonyl (C=O) groups excluding carboxylic acids is 1. The van der Waals surface area contributed by atoms with E-state index in [0.717, 1.165) is 103 Å². The summed E-state index contributed by atoms with van der Waals surface area (Å²) in [4.78, 5) is 38.5. The number of nitrogens with zero attached hydrogens (tertiary/aromatic N) is 8. The molecule has 1 atom stereocenters. The first-order valence-electron chi connectivity index (χ1n) is 19.1. The lowest BCUT2D eigenvalue weighted by molar-refractivity contribution is -0.0449. The van der Waals surface area contributed by atoms with Gasteiger partial charge in [-0.2, -0.15) is 0 Å². The van der Waals surface area contributed by atoms with Crippen LogP contribution in [0.5, 0.6) is 17.2 Å². The number of rotatable bonds is 12. The van der Waals surface area contributed by atoms with E-state index in [1.54, 1.807) is 11.1 Å². The van der Waals surface area contributed by atoms with Gasteiger partial charge in [-0.25, -0.2) is 14.4 Å². The Balaban J connectivity index is 0.942. The Kier molecular flexibility index (Phi) is 11.8. The quantitative estimate of drug-likeness (QED) is 0.265. The molecule has 280 valence electrons. The van der Waals surface area contributed by atoms with Crippen molar-refractivity contribution in [1.29, 1.82) is 0 Å². The first-order valence-corrected chi connectivity index (χ1v) is 19.1. The lowest BCUT2D eigenvalue weighted by atomic mass is 10.0. The van der Waals surface area contributed by atoms with Gasteiger partial charge in [0.2, 0.25) is 0 Å². The van der Waals surface area contributed by atoms with Crippen molar-refractivity contribution in [2.24, 2.45) is 0 Å². The molecule has 6 heterocycles. The highest BCUT2D eigenvalue weighted by molar-refractivity contribution is 5.97. The van der Waals surface area contributed by atoms with Crippen molar-refractivity contribution in [3.05, 3.63) is 65.6 Å². The molecule has 0 bridgehead atoms. The second-order valence-electron chi connectivity index (χ2n) is 14.6. The van der Waals surface area contributed by atoms with Crippen LogP contribution >= 0.6 is 0 Å². The number of amides is 1. The molecule has 7 rings (SSSR count). The van der Waals surface area contributed by atoms with E-state index in [1.807, 2.05) is 33.0 Å². The molecule has 0 N–H and O–H groups in total. The molecule has 1 aromatic carbocycles. The predicted molar refractivity (Wildman–Crippen MR) is 197 cm³/mol. The van der Waals surface area contributed by atoms with Crippen molar-refractivity contribution in [2.45, 2.75) is 71.2 Å². The number of fused-ring (bicyclic) bond motifs is 2. The van der Waals surface area contributed by atoms with Gasteiger partial charge >= 0.3 is 0 Å². The molecule has 13 heteroatoms. The van der Waals surface area contributed by atoms with Crippen LogP contribution in [0.15, 0.2) is 43.0 Å². The Bertz CT molecular complexity index is 1670. The summed E-state index contributed by atoms with van der Waals surface area (Å²) in [5, 5.41) is 0. The minimum absolute atomic E-state index is 0.0431. The van der Waals surface area contributed by atoms with Gasteiger partial charge in [0, 0.05) is 108 Å². The number of benzene rings is 1. The Hall–Kier alpha value is -3.91. The van der Waals surface area contributed by atoms with E-state index in [0.29, 0.717) is 37.2 Å². The van der Waals surface area contributed by atoms with E-state index in [-0.39, 0.29) is 29.4 Å². The van der Waals surface area contributed by atoms with Gasteiger partial charge in [-0.05, 0) is 64.5 Å². The highest BCUT2D eigenvalue weighted by Crippen LogP contribution is 2.35. The van der Waals surface area contributed by atoms with E-state index < -0.39 is 5.82 Å². The molecule has 3 aromatic rings. The van der Waals surface area contributed by atoms with E-state index in [4.69, 9.17) is 19.2 Å². The summed E-state index contributed by atoms with van der Waals surface area (Å²) in [5.74, 6) is 1.50. The molecule has 0 spiro atoms. The third kappa shape index (κ3) is 8.48. The number of carbonyl (C=O) groups is 1. The van der Waals surface area contributed by atoms with Crippen molar-refractivity contribution >= 4 is 11.7 Å². The minimum atomic E-state index is -0.495. The van der Waals surface area contributed by atoms with Crippen molar-refractivity contribution in [1.82, 2.24) is 34.6 Å². The second-order valence-corrected chi connectivity index (χ2v) is 14.6. The lowest BCUT2D eigenvalue weighted by Crippen LogP contribution is -2.58. The summed E-state index contributed by atoms with van der Waals surface area (Å²) in [5.41, 5.74) is 2.54. The highest BCUT2D eigenvalue weighted by Gasteiger charge is 2.31. The molecule has 4 aliphatic heterocycles. The minimum Gasteiger partial charge on any atom is -0.490 e. The number of piperazine rings is 1. The Morgan fingerprint density at radius 3 is 2.69 bits per heavy atom. The number of morpholine rings is 1. The van der Waals surface area contributed by atoms with Crippen molar-refractivity contribution in [3.63, 3.8) is 0 Å². The number of halogens is 1. The number of hydrogen-bond donors (Lipinski definition) is 0. The van der Waals surface area contributed by atoms with Crippen molar-refractivity contribution < 1.29 is 23.4 Å². The largest absolute Gasteiger partial charge is 0.490 e. The van der Waals surface area contributed by atoms with Gasteiger partial charge in [-0.3, -0.25) is 19.6 Å². The summed E-state index contributed by atoms with van der Waals surface area (Å²) in [6, 6.07) is 6.57. The first-order chi connectivity index (χ1) is 25.4. The van der Waals surface area contributed by atoms with Crippen LogP contribution < -0.4 is 14.4 Å². The van der Waals surface area contributed by atoms with Crippen LogP contribution in [0, 0.1) is 5.82 Å². The average Bonchev–Trinajstić information content (AvgIpc) is 3.16. The fraction of sp³-hybridized carbons (Fsp3) is 0.590. The van der Waals surface area contributed by atoms with E-state index in [9.17, 15) is 9.18 Å². The molecular weight excluding hydrogens is 663 g/mol. The van der Waals surface area contributed by atoms with Crippen LogP contribution in [0.4, 0.5) is 10.2 Å². The number of hydrogen-bond acceptors (Lipinski definition) is 11. The summed E-state index contributed by atoms with van der Waals surface area (Å²) in [7, 11) is 0. The molecular formula is C39H53FN8O4. The van der Waals surface area contributed by atoms with Gasteiger partial charge in [0.1, 0.15) is 29.7 Å². The van der Waals surface area contributed by atoms with Gasteiger partial charge in [-0.1, -0.05) is 0 Å². The Morgan fingerprint density at radius 1 is 1.02 bits per heavy atom. The van der Waals surface area contributed by atoms with Crippen LogP contribution in [0.2, 0.25) is 0 Å². The van der Waals surface area contributed by atoms with Gasteiger partial charge in [0.15, 0.2) is 11.6 Å². The lowest BCUT2D eigenvalue weighted by Gasteiger charge is -2.43. The fourth-order valence-electron chi connectivity index (χ4n) is 8.06. The van der Waals surface area contributed by atoms with Crippen LogP contribution in [0.25, 0.3) is 0 Å². The van der Waals surface area contributed by atoms with E-state index in [1.165, 1.54) is 30.1 Å². The zero-order valence-corrected chi connectivity index (χ0v) is 30.9. The van der Waals surface area contributed by atoms with Gasteiger partial charge in [-0.15, -0.1) is 0 Å². The molecule has 0 saturated carbocycles. The van der Waals surface area contributed by atoms with Crippen LogP contribution in [-0.4, -0.2) is 137 Å². The zero-order chi connectivity index (χ0) is 36.0. The highest BCUT2D eigenvalue weighted by atomic mass is 19.1.